The van der Waals surface area contributed by atoms with Gasteiger partial charge in [-0.05, 0) is 37.8 Å². The van der Waals surface area contributed by atoms with Crippen LogP contribution in [0.15, 0.2) is 24.0 Å². The molecule has 0 spiro atoms. The summed E-state index contributed by atoms with van der Waals surface area (Å²) in [7, 11) is 3.14. The summed E-state index contributed by atoms with van der Waals surface area (Å²) in [4.78, 5) is 0. The highest BCUT2D eigenvalue weighted by atomic mass is 16.5. The molecule has 1 aliphatic heterocycles. The second-order valence-corrected chi connectivity index (χ2v) is 5.85. The standard InChI is InChI=1S/C16H21NO4/c1-16(9-4-5-9)14(18)13(15(19)17-16)11-7-6-10(20-2)8-12(11)21-3/h6-9,15,17-19H,4-5H2,1-3H3. The predicted octanol–water partition coefficient (Wildman–Crippen LogP) is 2.06. The van der Waals surface area contributed by atoms with Crippen molar-refractivity contribution in [3.8, 4) is 11.5 Å². The number of aliphatic hydroxyl groups excluding tert-OH is 2. The number of aliphatic hydroxyl groups is 2. The molecule has 5 heteroatoms. The minimum atomic E-state index is -0.905. The fourth-order valence-corrected chi connectivity index (χ4v) is 3.10. The van der Waals surface area contributed by atoms with Gasteiger partial charge in [-0.2, -0.15) is 0 Å². The van der Waals surface area contributed by atoms with Gasteiger partial charge in [-0.1, -0.05) is 0 Å². The summed E-state index contributed by atoms with van der Waals surface area (Å²) in [6.45, 7) is 1.94. The molecule has 1 aliphatic carbocycles. The van der Waals surface area contributed by atoms with Crippen LogP contribution in [0.5, 0.6) is 11.5 Å². The van der Waals surface area contributed by atoms with Gasteiger partial charge in [-0.15, -0.1) is 0 Å². The molecule has 114 valence electrons. The first-order chi connectivity index (χ1) is 10.0. The molecule has 0 aromatic heterocycles. The number of nitrogens with one attached hydrogen (secondary N) is 1. The molecule has 1 aromatic carbocycles. The van der Waals surface area contributed by atoms with Crippen molar-refractivity contribution in [2.24, 2.45) is 5.92 Å². The minimum Gasteiger partial charge on any atom is -0.510 e. The van der Waals surface area contributed by atoms with Crippen LogP contribution in [-0.2, 0) is 0 Å². The van der Waals surface area contributed by atoms with Crippen LogP contribution >= 0.6 is 0 Å². The molecule has 1 heterocycles. The van der Waals surface area contributed by atoms with Crippen LogP contribution in [0.1, 0.15) is 25.3 Å². The molecule has 1 saturated carbocycles. The number of rotatable bonds is 4. The molecule has 1 aromatic rings. The van der Waals surface area contributed by atoms with E-state index in [9.17, 15) is 10.2 Å². The van der Waals surface area contributed by atoms with E-state index >= 15 is 0 Å². The highest BCUT2D eigenvalue weighted by molar-refractivity contribution is 5.78. The van der Waals surface area contributed by atoms with E-state index in [4.69, 9.17) is 9.47 Å². The van der Waals surface area contributed by atoms with Crippen LogP contribution in [-0.4, -0.2) is 36.2 Å². The molecule has 3 rings (SSSR count). The molecule has 1 fully saturated rings. The molecule has 0 amide bonds. The van der Waals surface area contributed by atoms with Crippen LogP contribution in [0.25, 0.3) is 5.57 Å². The second kappa shape index (κ2) is 4.93. The number of benzene rings is 1. The van der Waals surface area contributed by atoms with Crippen molar-refractivity contribution in [3.63, 3.8) is 0 Å². The van der Waals surface area contributed by atoms with E-state index in [-0.39, 0.29) is 5.76 Å². The Morgan fingerprint density at radius 3 is 2.52 bits per heavy atom. The van der Waals surface area contributed by atoms with E-state index in [0.29, 0.717) is 28.6 Å². The lowest BCUT2D eigenvalue weighted by molar-refractivity contribution is 0.154. The lowest BCUT2D eigenvalue weighted by Gasteiger charge is -2.25. The fourth-order valence-electron chi connectivity index (χ4n) is 3.10. The number of hydrogen-bond acceptors (Lipinski definition) is 5. The largest absolute Gasteiger partial charge is 0.510 e. The van der Waals surface area contributed by atoms with Gasteiger partial charge in [-0.3, -0.25) is 5.32 Å². The van der Waals surface area contributed by atoms with E-state index in [1.54, 1.807) is 32.4 Å². The summed E-state index contributed by atoms with van der Waals surface area (Å²) < 4.78 is 10.6. The Kier molecular flexibility index (Phi) is 3.34. The zero-order valence-electron chi connectivity index (χ0n) is 12.5. The number of methoxy groups -OCH3 is 2. The zero-order chi connectivity index (χ0) is 15.2. The second-order valence-electron chi connectivity index (χ2n) is 5.85. The Balaban J connectivity index is 2.08. The topological polar surface area (TPSA) is 71.0 Å². The molecule has 5 nitrogen and oxygen atoms in total. The van der Waals surface area contributed by atoms with Gasteiger partial charge in [0.2, 0.25) is 0 Å². The highest BCUT2D eigenvalue weighted by Gasteiger charge is 2.51. The van der Waals surface area contributed by atoms with E-state index in [1.807, 2.05) is 6.92 Å². The van der Waals surface area contributed by atoms with Crippen molar-refractivity contribution in [3.05, 3.63) is 29.5 Å². The summed E-state index contributed by atoms with van der Waals surface area (Å²) >= 11 is 0. The molecule has 0 saturated heterocycles. The Bertz CT molecular complexity index is 594. The third-order valence-electron chi connectivity index (χ3n) is 4.55. The quantitative estimate of drug-likeness (QED) is 0.792. The third-order valence-corrected chi connectivity index (χ3v) is 4.55. The zero-order valence-corrected chi connectivity index (χ0v) is 12.5. The monoisotopic (exact) mass is 291 g/mol. The number of hydrogen-bond donors (Lipinski definition) is 3. The highest BCUT2D eigenvalue weighted by Crippen LogP contribution is 2.49. The van der Waals surface area contributed by atoms with Crippen LogP contribution in [0.4, 0.5) is 0 Å². The first kappa shape index (κ1) is 14.2. The maximum absolute atomic E-state index is 10.7. The summed E-state index contributed by atoms with van der Waals surface area (Å²) in [5.74, 6) is 1.81. The molecular formula is C16H21NO4. The van der Waals surface area contributed by atoms with E-state index < -0.39 is 11.8 Å². The van der Waals surface area contributed by atoms with Crippen LogP contribution in [0.3, 0.4) is 0 Å². The van der Waals surface area contributed by atoms with Gasteiger partial charge in [0, 0.05) is 17.2 Å². The average molecular weight is 291 g/mol. The van der Waals surface area contributed by atoms with Crippen molar-refractivity contribution in [2.75, 3.05) is 14.2 Å². The Morgan fingerprint density at radius 1 is 1.24 bits per heavy atom. The van der Waals surface area contributed by atoms with Gasteiger partial charge in [-0.25, -0.2) is 0 Å². The van der Waals surface area contributed by atoms with Gasteiger partial charge >= 0.3 is 0 Å². The molecule has 2 unspecified atom stereocenters. The summed E-state index contributed by atoms with van der Waals surface area (Å²) in [6.07, 6.45) is 1.22. The normalized spacial score (nSPS) is 28.9. The van der Waals surface area contributed by atoms with Gasteiger partial charge in [0.25, 0.3) is 0 Å². The Hall–Kier alpha value is -1.72. The molecule has 3 N–H and O–H groups in total. The van der Waals surface area contributed by atoms with Crippen LogP contribution < -0.4 is 14.8 Å². The van der Waals surface area contributed by atoms with Gasteiger partial charge in [0.15, 0.2) is 0 Å². The Labute approximate surface area is 124 Å². The van der Waals surface area contributed by atoms with Crippen molar-refractivity contribution in [2.45, 2.75) is 31.5 Å². The third kappa shape index (κ3) is 2.17. The SMILES string of the molecule is COc1ccc(C2=C(O)C(C)(C3CC3)NC2O)c(OC)c1. The molecule has 0 radical (unpaired) electrons. The minimum absolute atomic E-state index is 0.209. The van der Waals surface area contributed by atoms with Crippen molar-refractivity contribution in [1.29, 1.82) is 0 Å². The first-order valence-corrected chi connectivity index (χ1v) is 7.13. The van der Waals surface area contributed by atoms with E-state index in [2.05, 4.69) is 5.32 Å². The van der Waals surface area contributed by atoms with Crippen molar-refractivity contribution in [1.82, 2.24) is 5.32 Å². The molecular weight excluding hydrogens is 270 g/mol. The summed E-state index contributed by atoms with van der Waals surface area (Å²) in [5, 5.41) is 24.1. The number of ether oxygens (including phenoxy) is 2. The predicted molar refractivity (Wildman–Crippen MR) is 79.4 cm³/mol. The summed E-state index contributed by atoms with van der Waals surface area (Å²) in [6, 6.07) is 5.33. The van der Waals surface area contributed by atoms with Crippen molar-refractivity contribution >= 4 is 5.57 Å². The van der Waals surface area contributed by atoms with Crippen LogP contribution in [0, 0.1) is 5.92 Å². The van der Waals surface area contributed by atoms with Crippen LogP contribution in [0.2, 0.25) is 0 Å². The lowest BCUT2D eigenvalue weighted by atomic mass is 9.92. The van der Waals surface area contributed by atoms with Gasteiger partial charge < -0.3 is 19.7 Å². The van der Waals surface area contributed by atoms with E-state index in [1.165, 1.54) is 0 Å². The van der Waals surface area contributed by atoms with Crippen molar-refractivity contribution < 1.29 is 19.7 Å². The maximum Gasteiger partial charge on any atom is 0.135 e. The van der Waals surface area contributed by atoms with Gasteiger partial charge in [0.05, 0.1) is 19.8 Å². The average Bonchev–Trinajstić information content (AvgIpc) is 3.29. The lowest BCUT2D eigenvalue weighted by Crippen LogP contribution is -2.45. The molecule has 2 aliphatic rings. The summed E-state index contributed by atoms with van der Waals surface area (Å²) in [5.41, 5.74) is 0.615. The van der Waals surface area contributed by atoms with Gasteiger partial charge in [0.1, 0.15) is 23.5 Å². The van der Waals surface area contributed by atoms with E-state index in [0.717, 1.165) is 12.8 Å². The Morgan fingerprint density at radius 2 is 1.95 bits per heavy atom. The smallest absolute Gasteiger partial charge is 0.135 e. The molecule has 2 atom stereocenters. The fraction of sp³-hybridized carbons (Fsp3) is 0.500. The molecule has 21 heavy (non-hydrogen) atoms. The molecule has 0 bridgehead atoms. The first-order valence-electron chi connectivity index (χ1n) is 7.13. The maximum atomic E-state index is 10.7.